The number of rotatable bonds is 6. The Bertz CT molecular complexity index is 839. The molecular weight excluding hydrogens is 344 g/mol. The number of methoxy groups -OCH3 is 2. The molecule has 0 saturated carbocycles. The minimum atomic E-state index is 0. The molecule has 2 nitrogen and oxygen atoms in total. The first kappa shape index (κ1) is 23.3. The second-order valence-corrected chi connectivity index (χ2v) is 6.21. The number of aryl methyl sites for hydroxylation is 1. The van der Waals surface area contributed by atoms with E-state index in [0.29, 0.717) is 0 Å². The van der Waals surface area contributed by atoms with Crippen LogP contribution in [0, 0.1) is 0 Å². The van der Waals surface area contributed by atoms with Crippen LogP contribution in [0.15, 0.2) is 72.3 Å². The minimum Gasteiger partial charge on any atom is -0.497 e. The van der Waals surface area contributed by atoms with Gasteiger partial charge in [-0.1, -0.05) is 65.1 Å². The molecule has 0 heterocycles. The Morgan fingerprint density at radius 3 is 2.07 bits per heavy atom. The van der Waals surface area contributed by atoms with Crippen LogP contribution >= 0.6 is 0 Å². The number of ether oxygens (including phenoxy) is 2. The van der Waals surface area contributed by atoms with E-state index in [9.17, 15) is 0 Å². The van der Waals surface area contributed by atoms with Crippen molar-refractivity contribution in [1.29, 1.82) is 0 Å². The summed E-state index contributed by atoms with van der Waals surface area (Å²) in [4.78, 5) is 0. The molecule has 0 aliphatic heterocycles. The fourth-order valence-corrected chi connectivity index (χ4v) is 3.07. The normalized spacial score (nSPS) is 12.2. The third-order valence-corrected chi connectivity index (χ3v) is 4.62. The first-order valence-electron chi connectivity index (χ1n) is 9.56. The van der Waals surface area contributed by atoms with Crippen LogP contribution in [0.1, 0.15) is 44.9 Å². The summed E-state index contributed by atoms with van der Waals surface area (Å²) in [7, 11) is 3.34. The smallest absolute Gasteiger partial charge is 0.130 e. The molecule has 0 fully saturated rings. The largest absolute Gasteiger partial charge is 0.497 e. The Morgan fingerprint density at radius 1 is 0.857 bits per heavy atom. The molecule has 0 radical (unpaired) electrons. The predicted octanol–water partition coefficient (Wildman–Crippen LogP) is 7.05. The zero-order chi connectivity index (χ0) is 19.8. The molecule has 3 rings (SSSR count). The van der Waals surface area contributed by atoms with Crippen molar-refractivity contribution in [2.24, 2.45) is 0 Å². The van der Waals surface area contributed by atoms with Crippen molar-refractivity contribution in [3.63, 3.8) is 0 Å². The molecule has 2 aromatic carbocycles. The first-order chi connectivity index (χ1) is 13.1. The SMILES string of the molecule is C.C=C1C=C(c2ccc(OC)cc2OC)C=C1Cc1ccc(CC)cc1.CC. The maximum atomic E-state index is 5.53. The number of benzene rings is 2. The summed E-state index contributed by atoms with van der Waals surface area (Å²) >= 11 is 0. The summed E-state index contributed by atoms with van der Waals surface area (Å²) in [5, 5.41) is 0. The van der Waals surface area contributed by atoms with Crippen molar-refractivity contribution < 1.29 is 9.47 Å². The fraction of sp³-hybridized carbons (Fsp3) is 0.308. The molecule has 0 saturated heterocycles. The van der Waals surface area contributed by atoms with Gasteiger partial charge in [0.25, 0.3) is 0 Å². The number of allylic oxidation sites excluding steroid dienone is 5. The Balaban J connectivity index is 0.00000127. The first-order valence-corrected chi connectivity index (χ1v) is 9.56. The van der Waals surface area contributed by atoms with Crippen LogP contribution in [-0.2, 0) is 12.8 Å². The van der Waals surface area contributed by atoms with Crippen molar-refractivity contribution in [2.45, 2.75) is 41.0 Å². The van der Waals surface area contributed by atoms with Gasteiger partial charge in [0.2, 0.25) is 0 Å². The van der Waals surface area contributed by atoms with Gasteiger partial charge in [-0.3, -0.25) is 0 Å². The summed E-state index contributed by atoms with van der Waals surface area (Å²) in [6.07, 6.45) is 6.29. The summed E-state index contributed by atoms with van der Waals surface area (Å²) in [6, 6.07) is 14.7. The van der Waals surface area contributed by atoms with Gasteiger partial charge >= 0.3 is 0 Å². The van der Waals surface area contributed by atoms with Crippen molar-refractivity contribution >= 4 is 5.57 Å². The molecule has 28 heavy (non-hydrogen) atoms. The zero-order valence-corrected chi connectivity index (χ0v) is 17.1. The van der Waals surface area contributed by atoms with Crippen LogP contribution in [-0.4, -0.2) is 14.2 Å². The average molecular weight is 379 g/mol. The standard InChI is InChI=1S/C23H24O2.C2H6.CH4/c1-5-17-6-8-18(9-7-17)13-19-14-20(12-16(19)2)22-11-10-21(24-3)15-23(22)25-4;1-2;/h6-12,14-15H,2,5,13H2,1,3-4H3;1-2H3;1H4. The van der Waals surface area contributed by atoms with Gasteiger partial charge < -0.3 is 9.47 Å². The Morgan fingerprint density at radius 2 is 1.50 bits per heavy atom. The highest BCUT2D eigenvalue weighted by Crippen LogP contribution is 2.37. The average Bonchev–Trinajstić information content (AvgIpc) is 3.09. The van der Waals surface area contributed by atoms with E-state index in [1.807, 2.05) is 32.0 Å². The van der Waals surface area contributed by atoms with Crippen molar-refractivity contribution in [3.8, 4) is 11.5 Å². The van der Waals surface area contributed by atoms with Crippen molar-refractivity contribution in [3.05, 3.63) is 89.0 Å². The van der Waals surface area contributed by atoms with E-state index >= 15 is 0 Å². The summed E-state index contributed by atoms with van der Waals surface area (Å²) in [5.41, 5.74) is 7.17. The van der Waals surface area contributed by atoms with Gasteiger partial charge in [0.1, 0.15) is 11.5 Å². The molecule has 0 atom stereocenters. The maximum Gasteiger partial charge on any atom is 0.130 e. The molecule has 0 N–H and O–H groups in total. The van der Waals surface area contributed by atoms with Gasteiger partial charge in [-0.2, -0.15) is 0 Å². The summed E-state index contributed by atoms with van der Waals surface area (Å²) in [5.74, 6) is 1.60. The van der Waals surface area contributed by atoms with Crippen LogP contribution in [0.4, 0.5) is 0 Å². The highest BCUT2D eigenvalue weighted by atomic mass is 16.5. The molecule has 1 aliphatic carbocycles. The lowest BCUT2D eigenvalue weighted by Crippen LogP contribution is -1.92. The molecule has 0 spiro atoms. The lowest BCUT2D eigenvalue weighted by molar-refractivity contribution is 0.393. The molecule has 150 valence electrons. The van der Waals surface area contributed by atoms with Gasteiger partial charge in [0.15, 0.2) is 0 Å². The lowest BCUT2D eigenvalue weighted by Gasteiger charge is -2.10. The van der Waals surface area contributed by atoms with E-state index in [1.165, 1.54) is 16.7 Å². The zero-order valence-electron chi connectivity index (χ0n) is 17.1. The van der Waals surface area contributed by atoms with E-state index in [1.54, 1.807) is 14.2 Å². The van der Waals surface area contributed by atoms with Gasteiger partial charge in [0, 0.05) is 11.6 Å². The molecule has 2 heteroatoms. The molecule has 0 bridgehead atoms. The van der Waals surface area contributed by atoms with Crippen LogP contribution < -0.4 is 9.47 Å². The van der Waals surface area contributed by atoms with E-state index in [4.69, 9.17) is 9.47 Å². The maximum absolute atomic E-state index is 5.53. The van der Waals surface area contributed by atoms with E-state index in [2.05, 4.69) is 49.9 Å². The van der Waals surface area contributed by atoms with Gasteiger partial charge in [0.05, 0.1) is 14.2 Å². The Kier molecular flexibility index (Phi) is 9.31. The predicted molar refractivity (Wildman–Crippen MR) is 122 cm³/mol. The highest BCUT2D eigenvalue weighted by Gasteiger charge is 2.16. The molecule has 1 aliphatic rings. The second kappa shape index (κ2) is 11.2. The molecular formula is C26H34O2. The van der Waals surface area contributed by atoms with Gasteiger partial charge in [-0.05, 0) is 58.9 Å². The summed E-state index contributed by atoms with van der Waals surface area (Å²) < 4.78 is 10.8. The number of hydrogen-bond donors (Lipinski definition) is 0. The van der Waals surface area contributed by atoms with Crippen LogP contribution in [0.25, 0.3) is 5.57 Å². The van der Waals surface area contributed by atoms with Crippen LogP contribution in [0.3, 0.4) is 0 Å². The molecule has 0 aromatic heterocycles. The topological polar surface area (TPSA) is 18.5 Å². The van der Waals surface area contributed by atoms with Gasteiger partial charge in [-0.25, -0.2) is 0 Å². The Hall–Kier alpha value is -2.74. The van der Waals surface area contributed by atoms with E-state index < -0.39 is 0 Å². The van der Waals surface area contributed by atoms with Crippen molar-refractivity contribution in [1.82, 2.24) is 0 Å². The van der Waals surface area contributed by atoms with Crippen LogP contribution in [0.5, 0.6) is 11.5 Å². The second-order valence-electron chi connectivity index (χ2n) is 6.21. The third kappa shape index (κ3) is 5.39. The van der Waals surface area contributed by atoms with E-state index in [-0.39, 0.29) is 7.43 Å². The Labute approximate surface area is 171 Å². The van der Waals surface area contributed by atoms with Crippen LogP contribution in [0.2, 0.25) is 0 Å². The van der Waals surface area contributed by atoms with E-state index in [0.717, 1.165) is 41.1 Å². The third-order valence-electron chi connectivity index (χ3n) is 4.62. The molecule has 0 amide bonds. The lowest BCUT2D eigenvalue weighted by atomic mass is 10.00. The monoisotopic (exact) mass is 378 g/mol. The minimum absolute atomic E-state index is 0. The van der Waals surface area contributed by atoms with Crippen molar-refractivity contribution in [2.75, 3.05) is 14.2 Å². The quantitative estimate of drug-likeness (QED) is 0.536. The number of hydrogen-bond acceptors (Lipinski definition) is 2. The molecule has 2 aromatic rings. The summed E-state index contributed by atoms with van der Waals surface area (Å²) in [6.45, 7) is 10.4. The highest BCUT2D eigenvalue weighted by molar-refractivity contribution is 5.86. The fourth-order valence-electron chi connectivity index (χ4n) is 3.07. The molecule has 0 unspecified atom stereocenters. The van der Waals surface area contributed by atoms with Gasteiger partial charge in [-0.15, -0.1) is 0 Å².